The number of aromatic nitrogens is 3. The van der Waals surface area contributed by atoms with Crippen LogP contribution in [0.2, 0.25) is 0 Å². The summed E-state index contributed by atoms with van der Waals surface area (Å²) in [5, 5.41) is 12.3. The maximum absolute atomic E-state index is 11.7. The van der Waals surface area contributed by atoms with Crippen LogP contribution in [-0.2, 0) is 27.9 Å². The van der Waals surface area contributed by atoms with E-state index in [0.29, 0.717) is 6.54 Å². The van der Waals surface area contributed by atoms with Crippen LogP contribution in [-0.4, -0.2) is 35.6 Å². The first-order valence-electron chi connectivity index (χ1n) is 5.59. The van der Waals surface area contributed by atoms with Gasteiger partial charge in [0.2, 0.25) is 15.9 Å². The predicted octanol–water partition coefficient (Wildman–Crippen LogP) is 0.0275. The molecule has 0 saturated heterocycles. The molecule has 0 aliphatic heterocycles. The second kappa shape index (κ2) is 6.01. The number of carbonyl (C=O) groups is 1. The Morgan fingerprint density at radius 3 is 2.95 bits per heavy atom. The van der Waals surface area contributed by atoms with Crippen molar-refractivity contribution in [3.05, 3.63) is 28.6 Å². The Hall–Kier alpha value is -1.94. The highest BCUT2D eigenvalue weighted by molar-refractivity contribution is 7.92. The highest BCUT2D eigenvalue weighted by Gasteiger charge is 2.09. The van der Waals surface area contributed by atoms with E-state index in [0.717, 1.165) is 15.9 Å². The third kappa shape index (κ3) is 4.63. The number of hydrogen-bond acceptors (Lipinski definition) is 6. The predicted molar refractivity (Wildman–Crippen MR) is 74.7 cm³/mol. The van der Waals surface area contributed by atoms with E-state index < -0.39 is 10.0 Å². The Kier molecular flexibility index (Phi) is 4.35. The van der Waals surface area contributed by atoms with Crippen LogP contribution in [0.1, 0.15) is 4.88 Å². The van der Waals surface area contributed by atoms with E-state index in [9.17, 15) is 13.2 Å². The summed E-state index contributed by atoms with van der Waals surface area (Å²) in [5.74, 6) is -0.168. The third-order valence-corrected chi connectivity index (χ3v) is 3.61. The fraction of sp³-hybridized carbons (Fsp3) is 0.300. The van der Waals surface area contributed by atoms with E-state index >= 15 is 0 Å². The summed E-state index contributed by atoms with van der Waals surface area (Å²) >= 11 is 1.55. The zero-order valence-electron chi connectivity index (χ0n) is 10.6. The van der Waals surface area contributed by atoms with Gasteiger partial charge in [-0.2, -0.15) is 9.90 Å². The largest absolute Gasteiger partial charge is 0.350 e. The average Bonchev–Trinajstić information content (AvgIpc) is 2.96. The number of carbonyl (C=O) groups excluding carboxylic acids is 1. The van der Waals surface area contributed by atoms with Gasteiger partial charge in [-0.25, -0.2) is 8.42 Å². The highest BCUT2D eigenvalue weighted by Crippen LogP contribution is 2.07. The van der Waals surface area contributed by atoms with Crippen molar-refractivity contribution < 1.29 is 13.2 Å². The molecule has 0 atom stereocenters. The molecule has 0 aliphatic rings. The smallest absolute Gasteiger partial charge is 0.243 e. The molecule has 0 radical (unpaired) electrons. The van der Waals surface area contributed by atoms with Gasteiger partial charge in [0.05, 0.1) is 19.0 Å². The average molecular weight is 315 g/mol. The molecule has 20 heavy (non-hydrogen) atoms. The van der Waals surface area contributed by atoms with Gasteiger partial charge in [0, 0.05) is 4.88 Å². The molecule has 2 N–H and O–H groups in total. The standard InChI is InChI=1S/C10H13N5O3S2/c1-20(17,18)14-9-6-12-15(13-9)7-10(16)11-5-8-3-2-4-19-8/h2-4,6H,5,7H2,1H3,(H,11,16)(H,13,14). The Morgan fingerprint density at radius 1 is 1.50 bits per heavy atom. The molecule has 0 fully saturated rings. The lowest BCUT2D eigenvalue weighted by atomic mass is 10.4. The summed E-state index contributed by atoms with van der Waals surface area (Å²) in [4.78, 5) is 13.8. The van der Waals surface area contributed by atoms with Crippen molar-refractivity contribution in [1.82, 2.24) is 20.3 Å². The second-order valence-corrected chi connectivity index (χ2v) is 6.77. The molecule has 2 rings (SSSR count). The normalized spacial score (nSPS) is 11.2. The minimum absolute atomic E-state index is 0.0726. The van der Waals surface area contributed by atoms with Crippen molar-refractivity contribution in [1.29, 1.82) is 0 Å². The molecule has 108 valence electrons. The van der Waals surface area contributed by atoms with Crippen LogP contribution < -0.4 is 10.0 Å². The lowest BCUT2D eigenvalue weighted by Crippen LogP contribution is -2.27. The molecule has 1 amide bonds. The van der Waals surface area contributed by atoms with Crippen LogP contribution in [0.25, 0.3) is 0 Å². The number of sulfonamides is 1. The van der Waals surface area contributed by atoms with Crippen LogP contribution in [0.4, 0.5) is 5.82 Å². The lowest BCUT2D eigenvalue weighted by Gasteiger charge is -2.02. The van der Waals surface area contributed by atoms with Crippen LogP contribution in [0.3, 0.4) is 0 Å². The monoisotopic (exact) mass is 315 g/mol. The van der Waals surface area contributed by atoms with E-state index in [2.05, 4.69) is 20.2 Å². The van der Waals surface area contributed by atoms with Gasteiger partial charge in [-0.1, -0.05) is 6.07 Å². The Bertz CT molecular complexity index is 678. The van der Waals surface area contributed by atoms with Crippen molar-refractivity contribution in [3.8, 4) is 0 Å². The summed E-state index contributed by atoms with van der Waals surface area (Å²) in [6.45, 7) is 0.378. The number of nitrogens with one attached hydrogen (secondary N) is 2. The van der Waals surface area contributed by atoms with Crippen molar-refractivity contribution in [3.63, 3.8) is 0 Å². The number of hydrogen-bond donors (Lipinski definition) is 2. The van der Waals surface area contributed by atoms with Crippen LogP contribution >= 0.6 is 11.3 Å². The number of thiophene rings is 1. The molecule has 0 aromatic carbocycles. The minimum Gasteiger partial charge on any atom is -0.350 e. The van der Waals surface area contributed by atoms with Crippen LogP contribution in [0, 0.1) is 0 Å². The maximum atomic E-state index is 11.7. The van der Waals surface area contributed by atoms with Crippen molar-refractivity contribution in [2.24, 2.45) is 0 Å². The summed E-state index contributed by atoms with van der Waals surface area (Å²) in [6.07, 6.45) is 2.26. The van der Waals surface area contributed by atoms with E-state index in [-0.39, 0.29) is 18.3 Å². The fourth-order valence-electron chi connectivity index (χ4n) is 1.39. The topological polar surface area (TPSA) is 106 Å². The maximum Gasteiger partial charge on any atom is 0.243 e. The van der Waals surface area contributed by atoms with Crippen molar-refractivity contribution in [2.45, 2.75) is 13.1 Å². The van der Waals surface area contributed by atoms with E-state index in [1.807, 2.05) is 17.5 Å². The molecule has 8 nitrogen and oxygen atoms in total. The van der Waals surface area contributed by atoms with Gasteiger partial charge in [0.25, 0.3) is 0 Å². The molecule has 0 saturated carbocycles. The van der Waals surface area contributed by atoms with Gasteiger partial charge in [-0.3, -0.25) is 9.52 Å². The molecule has 10 heteroatoms. The van der Waals surface area contributed by atoms with Crippen molar-refractivity contribution in [2.75, 3.05) is 11.0 Å². The van der Waals surface area contributed by atoms with Gasteiger partial charge in [0.15, 0.2) is 5.82 Å². The first-order chi connectivity index (χ1) is 9.42. The van der Waals surface area contributed by atoms with E-state index in [1.54, 1.807) is 11.3 Å². The third-order valence-electron chi connectivity index (χ3n) is 2.15. The number of amides is 1. The molecular weight excluding hydrogens is 302 g/mol. The molecule has 0 unspecified atom stereocenters. The molecule has 2 aromatic rings. The first kappa shape index (κ1) is 14.5. The van der Waals surface area contributed by atoms with Crippen molar-refractivity contribution >= 4 is 33.1 Å². The second-order valence-electron chi connectivity index (χ2n) is 3.99. The Labute approximate surface area is 119 Å². The number of rotatable bonds is 6. The molecular formula is C10H13N5O3S2. The molecule has 0 bridgehead atoms. The van der Waals surface area contributed by atoms with Gasteiger partial charge >= 0.3 is 0 Å². The zero-order valence-corrected chi connectivity index (χ0v) is 12.2. The first-order valence-corrected chi connectivity index (χ1v) is 8.36. The van der Waals surface area contributed by atoms with Crippen LogP contribution in [0.5, 0.6) is 0 Å². The van der Waals surface area contributed by atoms with Gasteiger partial charge < -0.3 is 5.32 Å². The number of anilines is 1. The Morgan fingerprint density at radius 2 is 2.30 bits per heavy atom. The van der Waals surface area contributed by atoms with Crippen LogP contribution in [0.15, 0.2) is 23.7 Å². The summed E-state index contributed by atoms with van der Waals surface area (Å²) < 4.78 is 24.2. The SMILES string of the molecule is CS(=O)(=O)Nc1cnn(CC(=O)NCc2cccs2)n1. The Balaban J connectivity index is 1.85. The highest BCUT2D eigenvalue weighted by atomic mass is 32.2. The number of nitrogens with zero attached hydrogens (tertiary/aromatic N) is 3. The molecule has 0 aliphatic carbocycles. The van der Waals surface area contributed by atoms with Gasteiger partial charge in [-0.15, -0.1) is 16.4 Å². The quantitative estimate of drug-likeness (QED) is 0.782. The summed E-state index contributed by atoms with van der Waals surface area (Å²) in [6, 6.07) is 3.83. The zero-order chi connectivity index (χ0) is 14.6. The van der Waals surface area contributed by atoms with Gasteiger partial charge in [0.1, 0.15) is 6.54 Å². The lowest BCUT2D eigenvalue weighted by molar-refractivity contribution is -0.122. The molecule has 2 aromatic heterocycles. The summed E-state index contributed by atoms with van der Waals surface area (Å²) in [5.41, 5.74) is 0. The summed E-state index contributed by atoms with van der Waals surface area (Å²) in [7, 11) is -3.40. The van der Waals surface area contributed by atoms with E-state index in [1.165, 1.54) is 6.20 Å². The fourth-order valence-corrected chi connectivity index (χ4v) is 2.51. The van der Waals surface area contributed by atoms with Gasteiger partial charge in [-0.05, 0) is 11.4 Å². The minimum atomic E-state index is -3.40. The van der Waals surface area contributed by atoms with E-state index in [4.69, 9.17) is 0 Å². The molecule has 0 spiro atoms. The molecule has 2 heterocycles.